The molecule has 1 rings (SSSR count). The van der Waals surface area contributed by atoms with Crippen molar-refractivity contribution in [2.24, 2.45) is 0 Å². The molecule has 0 aliphatic carbocycles. The molecule has 72 valence electrons. The summed E-state index contributed by atoms with van der Waals surface area (Å²) in [5.74, 6) is -7.04. The number of furan rings is 1. The van der Waals surface area contributed by atoms with E-state index in [0.717, 1.165) is 0 Å². The Bertz CT molecular complexity index is 346. The molecule has 0 unspecified atom stereocenters. The second kappa shape index (κ2) is 3.10. The lowest BCUT2D eigenvalue weighted by molar-refractivity contribution is -0.169. The van der Waals surface area contributed by atoms with Gasteiger partial charge in [0.25, 0.3) is 0 Å². The van der Waals surface area contributed by atoms with Crippen LogP contribution in [0, 0.1) is 6.92 Å². The molecule has 0 bridgehead atoms. The van der Waals surface area contributed by atoms with E-state index in [1.54, 1.807) is 0 Å². The maximum atomic E-state index is 12.8. The van der Waals surface area contributed by atoms with Crippen LogP contribution in [0.5, 0.6) is 0 Å². The van der Waals surface area contributed by atoms with Gasteiger partial charge in [-0.3, -0.25) is 0 Å². The number of hydrogen-bond acceptors (Lipinski definition) is 2. The molecule has 0 saturated carbocycles. The van der Waals surface area contributed by atoms with Crippen LogP contribution in [-0.2, 0) is 10.7 Å². The maximum absolute atomic E-state index is 12.8. The van der Waals surface area contributed by atoms with Crippen LogP contribution < -0.4 is 0 Å². The van der Waals surface area contributed by atoms with E-state index in [1.165, 1.54) is 13.0 Å². The highest BCUT2D eigenvalue weighted by atomic mass is 79.9. The quantitative estimate of drug-likeness (QED) is 0.883. The maximum Gasteiger partial charge on any atom is 0.399 e. The predicted molar refractivity (Wildman–Crippen MR) is 42.7 cm³/mol. The molecule has 1 heterocycles. The van der Waals surface area contributed by atoms with Crippen molar-refractivity contribution < 1.29 is 23.1 Å². The van der Waals surface area contributed by atoms with Crippen LogP contribution in [0.4, 0.5) is 8.78 Å². The van der Waals surface area contributed by atoms with Crippen LogP contribution in [0.1, 0.15) is 11.3 Å². The minimum absolute atomic E-state index is 0.0842. The van der Waals surface area contributed by atoms with Crippen molar-refractivity contribution in [1.29, 1.82) is 0 Å². The normalized spacial score (nSPS) is 11.7. The molecule has 0 aromatic carbocycles. The zero-order chi connectivity index (χ0) is 10.2. The van der Waals surface area contributed by atoms with Gasteiger partial charge in [-0.15, -0.1) is 0 Å². The topological polar surface area (TPSA) is 50.4 Å². The Morgan fingerprint density at radius 2 is 2.23 bits per heavy atom. The van der Waals surface area contributed by atoms with E-state index in [1.807, 2.05) is 0 Å². The first-order valence-corrected chi connectivity index (χ1v) is 4.02. The van der Waals surface area contributed by atoms with Gasteiger partial charge in [-0.1, -0.05) is 0 Å². The van der Waals surface area contributed by atoms with Gasteiger partial charge in [0.1, 0.15) is 0 Å². The van der Waals surface area contributed by atoms with Crippen LogP contribution >= 0.6 is 15.9 Å². The number of carbonyl (C=O) groups is 1. The second-order valence-electron chi connectivity index (χ2n) is 2.44. The van der Waals surface area contributed by atoms with Crippen molar-refractivity contribution in [1.82, 2.24) is 0 Å². The average molecular weight is 255 g/mol. The van der Waals surface area contributed by atoms with Crippen molar-refractivity contribution >= 4 is 21.9 Å². The molecule has 1 aromatic rings. The second-order valence-corrected chi connectivity index (χ2v) is 3.22. The minimum atomic E-state index is -3.98. The number of aliphatic carboxylic acids is 1. The zero-order valence-electron chi connectivity index (χ0n) is 6.47. The van der Waals surface area contributed by atoms with Crippen LogP contribution in [0.2, 0.25) is 0 Å². The summed E-state index contributed by atoms with van der Waals surface area (Å²) in [7, 11) is 0. The van der Waals surface area contributed by atoms with Gasteiger partial charge in [0.05, 0.1) is 0 Å². The smallest absolute Gasteiger partial charge is 0.399 e. The van der Waals surface area contributed by atoms with Crippen molar-refractivity contribution in [2.75, 3.05) is 0 Å². The van der Waals surface area contributed by atoms with Crippen molar-refractivity contribution in [3.8, 4) is 0 Å². The van der Waals surface area contributed by atoms with Crippen LogP contribution in [-0.4, -0.2) is 11.1 Å². The highest BCUT2D eigenvalue weighted by Gasteiger charge is 2.45. The number of alkyl halides is 2. The number of carboxylic acid groups (broad SMARTS) is 1. The Balaban J connectivity index is 3.21. The molecule has 0 fully saturated rings. The first-order chi connectivity index (χ1) is 5.85. The summed E-state index contributed by atoms with van der Waals surface area (Å²) in [4.78, 5) is 10.2. The van der Waals surface area contributed by atoms with Gasteiger partial charge in [-0.25, -0.2) is 4.79 Å². The summed E-state index contributed by atoms with van der Waals surface area (Å²) in [6.07, 6.45) is 0. The zero-order valence-corrected chi connectivity index (χ0v) is 8.06. The molecule has 6 heteroatoms. The molecule has 0 radical (unpaired) electrons. The molecule has 0 amide bonds. The third kappa shape index (κ3) is 1.72. The first kappa shape index (κ1) is 10.2. The third-order valence-corrected chi connectivity index (χ3v) is 1.83. The first-order valence-electron chi connectivity index (χ1n) is 3.23. The number of hydrogen-bond donors (Lipinski definition) is 1. The van der Waals surface area contributed by atoms with Crippen LogP contribution in [0.15, 0.2) is 15.2 Å². The van der Waals surface area contributed by atoms with E-state index in [0.29, 0.717) is 0 Å². The van der Waals surface area contributed by atoms with Gasteiger partial charge >= 0.3 is 11.9 Å². The fraction of sp³-hybridized carbons (Fsp3) is 0.286. The molecule has 1 aromatic heterocycles. The summed E-state index contributed by atoms with van der Waals surface area (Å²) >= 11 is 2.83. The number of rotatable bonds is 2. The van der Waals surface area contributed by atoms with E-state index in [4.69, 9.17) is 5.11 Å². The molecular weight excluding hydrogens is 250 g/mol. The van der Waals surface area contributed by atoms with Gasteiger partial charge < -0.3 is 9.52 Å². The average Bonchev–Trinajstić information content (AvgIpc) is 2.30. The molecule has 13 heavy (non-hydrogen) atoms. The SMILES string of the molecule is Cc1cc(Br)oc1C(F)(F)C(=O)O. The van der Waals surface area contributed by atoms with Crippen molar-refractivity contribution in [3.63, 3.8) is 0 Å². The molecular formula is C7H5BrF2O3. The number of halogens is 3. The lowest BCUT2D eigenvalue weighted by Gasteiger charge is -2.08. The van der Waals surface area contributed by atoms with Gasteiger partial charge in [-0.2, -0.15) is 8.78 Å². The Kier molecular flexibility index (Phi) is 2.42. The van der Waals surface area contributed by atoms with Crippen LogP contribution in [0.3, 0.4) is 0 Å². The summed E-state index contributed by atoms with van der Waals surface area (Å²) in [6.45, 7) is 1.35. The Morgan fingerprint density at radius 3 is 2.54 bits per heavy atom. The monoisotopic (exact) mass is 254 g/mol. The summed E-state index contributed by atoms with van der Waals surface area (Å²) < 4.78 is 30.3. The number of carboxylic acids is 1. The summed E-state index contributed by atoms with van der Waals surface area (Å²) in [5.41, 5.74) is 0.0966. The molecule has 0 aliphatic heterocycles. The van der Waals surface area contributed by atoms with Gasteiger partial charge in [0.2, 0.25) is 0 Å². The molecule has 1 N–H and O–H groups in total. The molecule has 0 spiro atoms. The van der Waals surface area contributed by atoms with E-state index in [-0.39, 0.29) is 10.2 Å². The summed E-state index contributed by atoms with van der Waals surface area (Å²) in [6, 6.07) is 1.28. The van der Waals surface area contributed by atoms with Gasteiger partial charge in [-0.05, 0) is 34.5 Å². The Labute approximate surface area is 80.5 Å². The Morgan fingerprint density at radius 1 is 1.69 bits per heavy atom. The van der Waals surface area contributed by atoms with Crippen molar-refractivity contribution in [3.05, 3.63) is 22.1 Å². The van der Waals surface area contributed by atoms with Crippen molar-refractivity contribution in [2.45, 2.75) is 12.8 Å². The summed E-state index contributed by atoms with van der Waals surface area (Å²) in [5, 5.41) is 8.20. The highest BCUT2D eigenvalue weighted by Crippen LogP contribution is 2.34. The van der Waals surface area contributed by atoms with Crippen LogP contribution in [0.25, 0.3) is 0 Å². The number of aryl methyl sites for hydroxylation is 1. The minimum Gasteiger partial charge on any atom is -0.476 e. The molecule has 0 atom stereocenters. The van der Waals surface area contributed by atoms with Gasteiger partial charge in [0, 0.05) is 0 Å². The lowest BCUT2D eigenvalue weighted by atomic mass is 10.2. The fourth-order valence-corrected chi connectivity index (χ4v) is 1.36. The third-order valence-electron chi connectivity index (χ3n) is 1.44. The van der Waals surface area contributed by atoms with E-state index < -0.39 is 17.7 Å². The largest absolute Gasteiger partial charge is 0.476 e. The molecule has 0 aliphatic rings. The van der Waals surface area contributed by atoms with E-state index >= 15 is 0 Å². The standard InChI is InChI=1S/C7H5BrF2O3/c1-3-2-4(8)13-5(3)7(9,10)6(11)12/h2H,1H3,(H,11,12). The fourth-order valence-electron chi connectivity index (χ4n) is 0.852. The predicted octanol–water partition coefficient (Wildman–Crippen LogP) is 2.53. The van der Waals surface area contributed by atoms with E-state index in [9.17, 15) is 13.6 Å². The van der Waals surface area contributed by atoms with E-state index in [2.05, 4.69) is 20.3 Å². The van der Waals surface area contributed by atoms with Gasteiger partial charge in [0.15, 0.2) is 10.4 Å². The lowest BCUT2D eigenvalue weighted by Crippen LogP contribution is -2.25. The highest BCUT2D eigenvalue weighted by molar-refractivity contribution is 9.10. The molecule has 3 nitrogen and oxygen atoms in total. The molecule has 0 saturated heterocycles. The Hall–Kier alpha value is -0.910.